The number of carboxylic acid groups (broad SMARTS) is 1. The molecule has 11 heteroatoms. The maximum absolute atomic E-state index is 16.8. The highest BCUT2D eigenvalue weighted by Crippen LogP contribution is 2.51. The molecular weight excluding hydrogens is 545 g/mol. The predicted molar refractivity (Wildman–Crippen MR) is 149 cm³/mol. The number of aromatic nitrogens is 2. The molecule has 10 nitrogen and oxygen atoms in total. The van der Waals surface area contributed by atoms with E-state index in [1.54, 1.807) is 66.7 Å². The van der Waals surface area contributed by atoms with E-state index >= 15 is 4.39 Å². The largest absolute Gasteiger partial charge is 0.478 e. The van der Waals surface area contributed by atoms with Gasteiger partial charge in [0.2, 0.25) is 0 Å². The second-order valence-electron chi connectivity index (χ2n) is 9.84. The summed E-state index contributed by atoms with van der Waals surface area (Å²) in [5, 5.41) is 12.3. The standard InChI is InChI=1S/C31H26FN3O7/c1-31(32)25(21-14-8-9-15-22(21)27(37)38)23(18-41-28(39)20-12-6-3-7-13-20)42-29(31)35-17-16-24(34-30(35)40)33-26(36)19-10-4-2-5-11-19/h2-17,23,25,29H,18H2,1H3,(H,37,38)(H,33,34,36,40)/t23-,25-,29+,31-/m1/s1. The number of alkyl halides is 1. The Balaban J connectivity index is 1.46. The van der Waals surface area contributed by atoms with Crippen molar-refractivity contribution in [3.05, 3.63) is 130 Å². The first kappa shape index (κ1) is 28.4. The molecule has 1 aliphatic heterocycles. The fraction of sp³-hybridized carbons (Fsp3) is 0.194. The molecule has 1 saturated heterocycles. The molecule has 1 aromatic heterocycles. The second kappa shape index (κ2) is 11.8. The van der Waals surface area contributed by atoms with E-state index in [-0.39, 0.29) is 22.5 Å². The van der Waals surface area contributed by atoms with Gasteiger partial charge in [-0.3, -0.25) is 9.36 Å². The van der Waals surface area contributed by atoms with Gasteiger partial charge in [-0.1, -0.05) is 54.6 Å². The number of carbonyl (C=O) groups excluding carboxylic acids is 2. The lowest BCUT2D eigenvalue weighted by molar-refractivity contribution is -0.0642. The van der Waals surface area contributed by atoms with Crippen molar-refractivity contribution in [1.82, 2.24) is 9.55 Å². The van der Waals surface area contributed by atoms with Gasteiger partial charge in [0.25, 0.3) is 5.91 Å². The first-order chi connectivity index (χ1) is 20.2. The van der Waals surface area contributed by atoms with Gasteiger partial charge >= 0.3 is 17.6 Å². The van der Waals surface area contributed by atoms with Gasteiger partial charge in [0.15, 0.2) is 11.9 Å². The first-order valence-corrected chi connectivity index (χ1v) is 13.0. The first-order valence-electron chi connectivity index (χ1n) is 13.0. The van der Waals surface area contributed by atoms with E-state index in [0.29, 0.717) is 5.56 Å². The quantitative estimate of drug-likeness (QED) is 0.296. The van der Waals surface area contributed by atoms with Crippen LogP contribution in [0.5, 0.6) is 0 Å². The summed E-state index contributed by atoms with van der Waals surface area (Å²) >= 11 is 0. The van der Waals surface area contributed by atoms with Crippen LogP contribution in [-0.2, 0) is 9.47 Å². The van der Waals surface area contributed by atoms with Crippen LogP contribution in [0.25, 0.3) is 0 Å². The molecule has 4 aromatic rings. The molecule has 214 valence electrons. The lowest BCUT2D eigenvalue weighted by Crippen LogP contribution is -2.39. The minimum absolute atomic E-state index is 0.0511. The number of amides is 1. The Labute approximate surface area is 239 Å². The molecule has 0 saturated carbocycles. The third kappa shape index (κ3) is 5.68. The summed E-state index contributed by atoms with van der Waals surface area (Å²) in [6.07, 6.45) is -1.50. The Kier molecular flexibility index (Phi) is 7.94. The Hall–Kier alpha value is -5.16. The number of hydrogen-bond acceptors (Lipinski definition) is 7. The van der Waals surface area contributed by atoms with Gasteiger partial charge in [0, 0.05) is 11.8 Å². The smallest absolute Gasteiger partial charge is 0.351 e. The third-order valence-corrected chi connectivity index (χ3v) is 7.04. The summed E-state index contributed by atoms with van der Waals surface area (Å²) in [6, 6.07) is 23.7. The lowest BCUT2D eigenvalue weighted by Gasteiger charge is -2.29. The van der Waals surface area contributed by atoms with E-state index in [0.717, 1.165) is 4.57 Å². The molecule has 0 radical (unpaired) electrons. The Morgan fingerprint density at radius 2 is 1.60 bits per heavy atom. The van der Waals surface area contributed by atoms with E-state index in [2.05, 4.69) is 10.3 Å². The van der Waals surface area contributed by atoms with Crippen LogP contribution in [0.4, 0.5) is 10.2 Å². The maximum atomic E-state index is 16.8. The van der Waals surface area contributed by atoms with Crippen LogP contribution in [0.3, 0.4) is 0 Å². The normalized spacial score (nSPS) is 21.4. The van der Waals surface area contributed by atoms with Gasteiger partial charge in [-0.15, -0.1) is 0 Å². The molecule has 5 rings (SSSR count). The van der Waals surface area contributed by atoms with E-state index in [1.165, 1.54) is 37.4 Å². The van der Waals surface area contributed by atoms with Crippen LogP contribution in [-0.4, -0.2) is 50.9 Å². The summed E-state index contributed by atoms with van der Waals surface area (Å²) < 4.78 is 29.2. The van der Waals surface area contributed by atoms with Crippen molar-refractivity contribution in [1.29, 1.82) is 0 Å². The summed E-state index contributed by atoms with van der Waals surface area (Å²) in [5.41, 5.74) is -2.69. The molecule has 1 amide bonds. The number of nitrogens with one attached hydrogen (secondary N) is 1. The molecule has 0 unspecified atom stereocenters. The number of halogens is 1. The highest BCUT2D eigenvalue weighted by molar-refractivity contribution is 6.03. The summed E-state index contributed by atoms with van der Waals surface area (Å²) in [7, 11) is 0. The van der Waals surface area contributed by atoms with E-state index in [1.807, 2.05) is 0 Å². The molecule has 4 atom stereocenters. The number of carbonyl (C=O) groups is 3. The van der Waals surface area contributed by atoms with Gasteiger partial charge in [-0.25, -0.2) is 18.8 Å². The number of ether oxygens (including phenoxy) is 2. The van der Waals surface area contributed by atoms with Crippen molar-refractivity contribution in [3.63, 3.8) is 0 Å². The molecule has 1 aliphatic rings. The SMILES string of the molecule is C[C@@]1(F)[C@H](c2ccccc2C(=O)O)[C@@H](COC(=O)c2ccccc2)O[C@@H]1n1ccc(NC(=O)c2ccccc2)nc1=O. The zero-order chi connectivity index (χ0) is 29.9. The summed E-state index contributed by atoms with van der Waals surface area (Å²) in [4.78, 5) is 54.1. The highest BCUT2D eigenvalue weighted by Gasteiger charge is 2.57. The topological polar surface area (TPSA) is 137 Å². The minimum atomic E-state index is -2.37. The monoisotopic (exact) mass is 571 g/mol. The van der Waals surface area contributed by atoms with Crippen LogP contribution >= 0.6 is 0 Å². The average Bonchev–Trinajstić information content (AvgIpc) is 3.26. The predicted octanol–water partition coefficient (Wildman–Crippen LogP) is 4.46. The number of carboxylic acids is 1. The number of nitrogens with zero attached hydrogens (tertiary/aromatic N) is 2. The molecule has 0 aliphatic carbocycles. The fourth-order valence-electron chi connectivity index (χ4n) is 5.09. The van der Waals surface area contributed by atoms with Crippen LogP contribution in [0.1, 0.15) is 55.7 Å². The number of anilines is 1. The number of esters is 1. The van der Waals surface area contributed by atoms with E-state index < -0.39 is 54.1 Å². The van der Waals surface area contributed by atoms with Crippen LogP contribution in [0.15, 0.2) is 102 Å². The van der Waals surface area contributed by atoms with Crippen molar-refractivity contribution >= 4 is 23.7 Å². The van der Waals surface area contributed by atoms with Crippen LogP contribution in [0, 0.1) is 0 Å². The number of rotatable bonds is 8. The lowest BCUT2D eigenvalue weighted by atomic mass is 9.80. The minimum Gasteiger partial charge on any atom is -0.478 e. The van der Waals surface area contributed by atoms with Gasteiger partial charge in [0.1, 0.15) is 18.5 Å². The number of aromatic carboxylic acids is 1. The Morgan fingerprint density at radius 3 is 2.24 bits per heavy atom. The van der Waals surface area contributed by atoms with E-state index in [4.69, 9.17) is 9.47 Å². The molecule has 3 aromatic carbocycles. The molecular formula is C31H26FN3O7. The average molecular weight is 572 g/mol. The zero-order valence-electron chi connectivity index (χ0n) is 22.3. The molecule has 0 bridgehead atoms. The van der Waals surface area contributed by atoms with Gasteiger partial charge < -0.3 is 19.9 Å². The molecule has 2 heterocycles. The van der Waals surface area contributed by atoms with Crippen LogP contribution < -0.4 is 11.0 Å². The van der Waals surface area contributed by atoms with Gasteiger partial charge in [0.05, 0.1) is 17.0 Å². The van der Waals surface area contributed by atoms with Crippen molar-refractivity contribution in [2.45, 2.75) is 30.8 Å². The second-order valence-corrected chi connectivity index (χ2v) is 9.84. The van der Waals surface area contributed by atoms with Crippen molar-refractivity contribution < 1.29 is 33.4 Å². The highest BCUT2D eigenvalue weighted by atomic mass is 19.1. The molecule has 1 fully saturated rings. The third-order valence-electron chi connectivity index (χ3n) is 7.04. The van der Waals surface area contributed by atoms with Crippen LogP contribution in [0.2, 0.25) is 0 Å². The fourth-order valence-corrected chi connectivity index (χ4v) is 5.09. The van der Waals surface area contributed by atoms with E-state index in [9.17, 15) is 24.3 Å². The number of benzene rings is 3. The van der Waals surface area contributed by atoms with Crippen molar-refractivity contribution in [2.24, 2.45) is 0 Å². The summed E-state index contributed by atoms with van der Waals surface area (Å²) in [6.45, 7) is 0.771. The molecule has 2 N–H and O–H groups in total. The van der Waals surface area contributed by atoms with Gasteiger partial charge in [-0.05, 0) is 48.9 Å². The Bertz CT molecular complexity index is 1670. The molecule has 0 spiro atoms. The zero-order valence-corrected chi connectivity index (χ0v) is 22.3. The van der Waals surface area contributed by atoms with Crippen molar-refractivity contribution in [3.8, 4) is 0 Å². The number of hydrogen-bond donors (Lipinski definition) is 2. The van der Waals surface area contributed by atoms with Crippen molar-refractivity contribution in [2.75, 3.05) is 11.9 Å². The maximum Gasteiger partial charge on any atom is 0.351 e. The summed E-state index contributed by atoms with van der Waals surface area (Å²) in [5.74, 6) is -3.74. The van der Waals surface area contributed by atoms with Gasteiger partial charge in [-0.2, -0.15) is 4.98 Å². The Morgan fingerprint density at radius 1 is 0.976 bits per heavy atom. The molecule has 42 heavy (non-hydrogen) atoms.